The lowest BCUT2D eigenvalue weighted by molar-refractivity contribution is -0.110. The summed E-state index contributed by atoms with van der Waals surface area (Å²) in [5.74, 6) is 0.212. The predicted octanol–water partition coefficient (Wildman–Crippen LogP) is 3.47. The Balaban J connectivity index is 1.61. The van der Waals surface area contributed by atoms with Crippen LogP contribution in [0.4, 0.5) is 5.69 Å². The average Bonchev–Trinajstić information content (AvgIpc) is 3.40. The topological polar surface area (TPSA) is 90.1 Å². The molecule has 0 aliphatic carbocycles. The molecule has 2 aromatic carbocycles. The largest absolute Gasteiger partial charge is 0.459 e. The van der Waals surface area contributed by atoms with Gasteiger partial charge in [-0.15, -0.1) is 0 Å². The highest BCUT2D eigenvalue weighted by Crippen LogP contribution is 2.32. The molecule has 0 atom stereocenters. The van der Waals surface area contributed by atoms with Gasteiger partial charge < -0.3 is 19.2 Å². The van der Waals surface area contributed by atoms with E-state index in [2.05, 4.69) is 10.3 Å². The Labute approximate surface area is 160 Å². The van der Waals surface area contributed by atoms with Crippen molar-refractivity contribution < 1.29 is 23.5 Å². The van der Waals surface area contributed by atoms with Crippen molar-refractivity contribution in [1.29, 1.82) is 0 Å². The van der Waals surface area contributed by atoms with Gasteiger partial charge in [0.1, 0.15) is 5.71 Å². The second-order valence-electron chi connectivity index (χ2n) is 6.03. The molecule has 0 radical (unpaired) electrons. The summed E-state index contributed by atoms with van der Waals surface area (Å²) in [6.07, 6.45) is 1.52. The summed E-state index contributed by atoms with van der Waals surface area (Å²) >= 11 is 0. The lowest BCUT2D eigenvalue weighted by Gasteiger charge is -2.09. The molecule has 2 amide bonds. The van der Waals surface area contributed by atoms with Crippen molar-refractivity contribution in [1.82, 2.24) is 0 Å². The van der Waals surface area contributed by atoms with Gasteiger partial charge in [-0.2, -0.15) is 0 Å². The first-order chi connectivity index (χ1) is 13.7. The molecule has 3 aromatic rings. The zero-order valence-electron chi connectivity index (χ0n) is 14.8. The fraction of sp³-hybridized carbons (Fsp3) is 0.0952. The van der Waals surface area contributed by atoms with Crippen molar-refractivity contribution in [3.05, 3.63) is 78.3 Å². The summed E-state index contributed by atoms with van der Waals surface area (Å²) in [4.78, 5) is 29.1. The second-order valence-corrected chi connectivity index (χ2v) is 6.03. The molecule has 2 heterocycles. The maximum atomic E-state index is 12.8. The molecule has 0 saturated carbocycles. The van der Waals surface area contributed by atoms with E-state index in [4.69, 9.17) is 13.9 Å². The van der Waals surface area contributed by atoms with Gasteiger partial charge in [0.2, 0.25) is 6.79 Å². The molecule has 0 bridgehead atoms. The van der Waals surface area contributed by atoms with E-state index in [0.717, 1.165) is 5.56 Å². The highest BCUT2D eigenvalue weighted by molar-refractivity contribution is 6.45. The summed E-state index contributed by atoms with van der Waals surface area (Å²) in [6, 6.07) is 17.4. The Kier molecular flexibility index (Phi) is 4.88. The Morgan fingerprint density at radius 3 is 2.57 bits per heavy atom. The number of carbonyl (C=O) groups excluding carboxylic acids is 2. The lowest BCUT2D eigenvalue weighted by atomic mass is 10.1. The van der Waals surface area contributed by atoms with Crippen LogP contribution in [-0.2, 0) is 11.2 Å². The zero-order valence-corrected chi connectivity index (χ0v) is 14.8. The summed E-state index contributed by atoms with van der Waals surface area (Å²) in [5, 5.41) is 2.76. The normalized spacial score (nSPS) is 12.6. The monoisotopic (exact) mass is 376 g/mol. The predicted molar refractivity (Wildman–Crippen MR) is 102 cm³/mol. The van der Waals surface area contributed by atoms with E-state index < -0.39 is 11.8 Å². The van der Waals surface area contributed by atoms with E-state index in [1.54, 1.807) is 48.5 Å². The molecule has 140 valence electrons. The Hall–Kier alpha value is -3.87. The molecule has 28 heavy (non-hydrogen) atoms. The molecule has 0 unspecified atom stereocenters. The van der Waals surface area contributed by atoms with E-state index in [9.17, 15) is 9.59 Å². The highest BCUT2D eigenvalue weighted by atomic mass is 16.7. The molecule has 0 fully saturated rings. The number of hydrogen-bond acceptors (Lipinski definition) is 5. The SMILES string of the molecule is O=C(Nc1ccccc1)C(Cc1ccc2c(c1)OCO2)=NC(=O)c1ccco1. The van der Waals surface area contributed by atoms with Crippen molar-refractivity contribution in [2.24, 2.45) is 4.99 Å². The lowest BCUT2D eigenvalue weighted by Crippen LogP contribution is -2.26. The first-order valence-electron chi connectivity index (χ1n) is 8.59. The molecule has 7 heteroatoms. The minimum atomic E-state index is -0.621. The highest BCUT2D eigenvalue weighted by Gasteiger charge is 2.19. The van der Waals surface area contributed by atoms with Crippen molar-refractivity contribution in [2.45, 2.75) is 6.42 Å². The van der Waals surface area contributed by atoms with Crippen LogP contribution in [-0.4, -0.2) is 24.3 Å². The van der Waals surface area contributed by atoms with Crippen LogP contribution in [0.1, 0.15) is 16.1 Å². The molecular formula is C21H16N2O5. The quantitative estimate of drug-likeness (QED) is 0.689. The molecular weight excluding hydrogens is 360 g/mol. The molecule has 4 rings (SSSR count). The fourth-order valence-electron chi connectivity index (χ4n) is 2.72. The van der Waals surface area contributed by atoms with Gasteiger partial charge in [0.15, 0.2) is 17.3 Å². The molecule has 7 nitrogen and oxygen atoms in total. The van der Waals surface area contributed by atoms with E-state index in [1.807, 2.05) is 6.07 Å². The van der Waals surface area contributed by atoms with Gasteiger partial charge >= 0.3 is 5.91 Å². The second kappa shape index (κ2) is 7.79. The van der Waals surface area contributed by atoms with Crippen LogP contribution in [0.5, 0.6) is 11.5 Å². The average molecular weight is 376 g/mol. The minimum Gasteiger partial charge on any atom is -0.459 e. The minimum absolute atomic E-state index is 0.0594. The van der Waals surface area contributed by atoms with Crippen LogP contribution in [0.3, 0.4) is 0 Å². The van der Waals surface area contributed by atoms with Gasteiger partial charge in [0, 0.05) is 12.1 Å². The maximum Gasteiger partial charge on any atom is 0.313 e. The van der Waals surface area contributed by atoms with Gasteiger partial charge in [-0.3, -0.25) is 9.59 Å². The van der Waals surface area contributed by atoms with Crippen LogP contribution in [0.25, 0.3) is 0 Å². The third-order valence-corrected chi connectivity index (χ3v) is 4.07. The van der Waals surface area contributed by atoms with E-state index in [1.165, 1.54) is 12.3 Å². The van der Waals surface area contributed by atoms with Gasteiger partial charge in [0.05, 0.1) is 6.26 Å². The Bertz CT molecular complexity index is 1030. The number of carbonyl (C=O) groups is 2. The first-order valence-corrected chi connectivity index (χ1v) is 8.59. The van der Waals surface area contributed by atoms with Crippen molar-refractivity contribution >= 4 is 23.2 Å². The molecule has 1 aliphatic heterocycles. The number of hydrogen-bond donors (Lipinski definition) is 1. The van der Waals surface area contributed by atoms with Crippen LogP contribution in [0.2, 0.25) is 0 Å². The van der Waals surface area contributed by atoms with Crippen molar-refractivity contribution in [3.63, 3.8) is 0 Å². The maximum absolute atomic E-state index is 12.8. The fourth-order valence-corrected chi connectivity index (χ4v) is 2.72. The number of furan rings is 1. The number of amides is 2. The number of fused-ring (bicyclic) bond motifs is 1. The van der Waals surface area contributed by atoms with E-state index >= 15 is 0 Å². The standard InChI is InChI=1S/C21H16N2O5/c24-20(22-15-5-2-1-3-6-15)16(23-21(25)18-7-4-10-26-18)11-14-8-9-17-19(12-14)28-13-27-17/h1-10,12H,11,13H2,(H,22,24). The van der Waals surface area contributed by atoms with Gasteiger partial charge in [-0.25, -0.2) is 4.99 Å². The number of nitrogens with zero attached hydrogens (tertiary/aromatic N) is 1. The number of benzene rings is 2. The van der Waals surface area contributed by atoms with Gasteiger partial charge in [0.25, 0.3) is 5.91 Å². The molecule has 1 aromatic heterocycles. The summed E-state index contributed by atoms with van der Waals surface area (Å²) in [7, 11) is 0. The third kappa shape index (κ3) is 3.93. The summed E-state index contributed by atoms with van der Waals surface area (Å²) in [5.41, 5.74) is 1.43. The van der Waals surface area contributed by atoms with E-state index in [-0.39, 0.29) is 24.7 Å². The number of para-hydroxylation sites is 1. The summed E-state index contributed by atoms with van der Waals surface area (Å²) in [6.45, 7) is 0.158. The molecule has 0 spiro atoms. The molecule has 1 aliphatic rings. The summed E-state index contributed by atoms with van der Waals surface area (Å²) < 4.78 is 15.8. The first kappa shape index (κ1) is 17.5. The Morgan fingerprint density at radius 2 is 1.79 bits per heavy atom. The number of rotatable bonds is 5. The number of anilines is 1. The van der Waals surface area contributed by atoms with Crippen LogP contribution < -0.4 is 14.8 Å². The third-order valence-electron chi connectivity index (χ3n) is 4.07. The molecule has 1 N–H and O–H groups in total. The van der Waals surface area contributed by atoms with Crippen LogP contribution in [0, 0.1) is 0 Å². The number of ether oxygens (including phenoxy) is 2. The van der Waals surface area contributed by atoms with E-state index in [0.29, 0.717) is 17.2 Å². The van der Waals surface area contributed by atoms with Crippen molar-refractivity contribution in [3.8, 4) is 11.5 Å². The Morgan fingerprint density at radius 1 is 0.964 bits per heavy atom. The molecule has 0 saturated heterocycles. The zero-order chi connectivity index (χ0) is 19.3. The smallest absolute Gasteiger partial charge is 0.313 e. The van der Waals surface area contributed by atoms with Crippen molar-refractivity contribution in [2.75, 3.05) is 12.1 Å². The van der Waals surface area contributed by atoms with Crippen LogP contribution in [0.15, 0.2) is 76.3 Å². The van der Waals surface area contributed by atoms with Gasteiger partial charge in [-0.05, 0) is 42.0 Å². The number of nitrogens with one attached hydrogen (secondary N) is 1. The van der Waals surface area contributed by atoms with Crippen LogP contribution >= 0.6 is 0 Å². The number of aliphatic imine (C=N–C) groups is 1. The van der Waals surface area contributed by atoms with Gasteiger partial charge in [-0.1, -0.05) is 24.3 Å².